The van der Waals surface area contributed by atoms with Crippen molar-refractivity contribution in [2.45, 2.75) is 71.0 Å². The fraction of sp³-hybridized carbons (Fsp3) is 0.647. The molecule has 0 spiro atoms. The first-order chi connectivity index (χ1) is 9.20. The second-order valence-electron chi connectivity index (χ2n) is 4.59. The lowest BCUT2D eigenvalue weighted by Gasteiger charge is -2.03. The van der Waals surface area contributed by atoms with Crippen LogP contribution in [0.15, 0.2) is 12.2 Å². The Balaban J connectivity index is 3.74. The van der Waals surface area contributed by atoms with Crippen molar-refractivity contribution in [3.63, 3.8) is 0 Å². The van der Waals surface area contributed by atoms with Crippen molar-refractivity contribution in [2.75, 3.05) is 0 Å². The van der Waals surface area contributed by atoms with Crippen LogP contribution in [0, 0.1) is 23.7 Å². The van der Waals surface area contributed by atoms with Gasteiger partial charge in [-0.05, 0) is 36.8 Å². The normalized spacial score (nSPS) is 13.3. The zero-order valence-corrected chi connectivity index (χ0v) is 12.2. The average Bonchev–Trinajstić information content (AvgIpc) is 2.42. The molecule has 0 aliphatic carbocycles. The standard InChI is InChI=1S/C17H26O2/c1-3-5-6-7-11-14-17(19)15-12-9-8-10-13-16(18)4-2/h12,15-19H,3-7,11,14H2,1-2H3/b15-12+/t16-,17-/m0/s1. The van der Waals surface area contributed by atoms with Crippen LogP contribution in [0.1, 0.15) is 58.8 Å². The van der Waals surface area contributed by atoms with Crippen molar-refractivity contribution >= 4 is 0 Å². The zero-order chi connectivity index (χ0) is 14.3. The monoisotopic (exact) mass is 262 g/mol. The summed E-state index contributed by atoms with van der Waals surface area (Å²) < 4.78 is 0. The number of rotatable bonds is 8. The third kappa shape index (κ3) is 13.0. The van der Waals surface area contributed by atoms with Gasteiger partial charge in [-0.2, -0.15) is 0 Å². The minimum atomic E-state index is -0.591. The molecule has 0 fully saturated rings. The second-order valence-corrected chi connectivity index (χ2v) is 4.59. The summed E-state index contributed by atoms with van der Waals surface area (Å²) in [6.45, 7) is 4.06. The summed E-state index contributed by atoms with van der Waals surface area (Å²) in [6.07, 6.45) is 9.75. The summed E-state index contributed by atoms with van der Waals surface area (Å²) in [4.78, 5) is 0. The van der Waals surface area contributed by atoms with E-state index < -0.39 is 12.2 Å². The van der Waals surface area contributed by atoms with E-state index in [-0.39, 0.29) is 0 Å². The van der Waals surface area contributed by atoms with Crippen LogP contribution < -0.4 is 0 Å². The lowest BCUT2D eigenvalue weighted by Crippen LogP contribution is -2.01. The Morgan fingerprint density at radius 1 is 1.00 bits per heavy atom. The Hall–Kier alpha value is -1.22. The quantitative estimate of drug-likeness (QED) is 0.521. The van der Waals surface area contributed by atoms with Gasteiger partial charge >= 0.3 is 0 Å². The van der Waals surface area contributed by atoms with Gasteiger partial charge in [-0.25, -0.2) is 0 Å². The van der Waals surface area contributed by atoms with Gasteiger partial charge in [0.1, 0.15) is 6.10 Å². The average molecular weight is 262 g/mol. The summed E-state index contributed by atoms with van der Waals surface area (Å²) in [7, 11) is 0. The lowest BCUT2D eigenvalue weighted by atomic mass is 10.1. The fourth-order valence-electron chi connectivity index (χ4n) is 1.51. The van der Waals surface area contributed by atoms with Crippen LogP contribution in [0.3, 0.4) is 0 Å². The number of aliphatic hydroxyl groups is 2. The van der Waals surface area contributed by atoms with E-state index in [1.54, 1.807) is 12.2 Å². The van der Waals surface area contributed by atoms with E-state index in [4.69, 9.17) is 5.11 Å². The van der Waals surface area contributed by atoms with E-state index in [9.17, 15) is 5.11 Å². The molecule has 2 nitrogen and oxygen atoms in total. The van der Waals surface area contributed by atoms with Gasteiger partial charge in [0.15, 0.2) is 0 Å². The van der Waals surface area contributed by atoms with Crippen LogP contribution in [0.2, 0.25) is 0 Å². The Morgan fingerprint density at radius 3 is 2.42 bits per heavy atom. The topological polar surface area (TPSA) is 40.5 Å². The molecule has 0 aromatic heterocycles. The Morgan fingerprint density at radius 2 is 1.74 bits per heavy atom. The van der Waals surface area contributed by atoms with Crippen LogP contribution in [-0.2, 0) is 0 Å². The van der Waals surface area contributed by atoms with E-state index in [0.29, 0.717) is 6.42 Å². The SMILES string of the molecule is CCCCCCC[C@H](O)/C=C/C#CC#C[C@@H](O)CC. The molecule has 2 atom stereocenters. The van der Waals surface area contributed by atoms with Gasteiger partial charge in [0.25, 0.3) is 0 Å². The predicted molar refractivity (Wildman–Crippen MR) is 80.4 cm³/mol. The number of aliphatic hydroxyl groups excluding tert-OH is 2. The molecule has 19 heavy (non-hydrogen) atoms. The van der Waals surface area contributed by atoms with Crippen molar-refractivity contribution in [3.05, 3.63) is 12.2 Å². The highest BCUT2D eigenvalue weighted by atomic mass is 16.3. The van der Waals surface area contributed by atoms with Gasteiger partial charge in [-0.1, -0.05) is 57.8 Å². The molecule has 0 aromatic carbocycles. The van der Waals surface area contributed by atoms with E-state index in [1.165, 1.54) is 25.7 Å². The van der Waals surface area contributed by atoms with Gasteiger partial charge in [-0.3, -0.25) is 0 Å². The summed E-state index contributed by atoms with van der Waals surface area (Å²) in [6, 6.07) is 0. The van der Waals surface area contributed by atoms with Gasteiger partial charge in [0.05, 0.1) is 6.10 Å². The molecular weight excluding hydrogens is 236 g/mol. The molecule has 2 N–H and O–H groups in total. The molecule has 0 aliphatic heterocycles. The molecule has 0 rings (SSSR count). The second kappa shape index (κ2) is 13.2. The molecule has 106 valence electrons. The first kappa shape index (κ1) is 17.8. The third-order valence-corrected chi connectivity index (χ3v) is 2.77. The van der Waals surface area contributed by atoms with Crippen molar-refractivity contribution in [1.29, 1.82) is 0 Å². The zero-order valence-electron chi connectivity index (χ0n) is 12.2. The van der Waals surface area contributed by atoms with Crippen LogP contribution in [0.4, 0.5) is 0 Å². The van der Waals surface area contributed by atoms with Crippen molar-refractivity contribution in [3.8, 4) is 23.7 Å². The molecule has 0 unspecified atom stereocenters. The number of hydrogen-bond acceptors (Lipinski definition) is 2. The van der Waals surface area contributed by atoms with E-state index in [2.05, 4.69) is 30.6 Å². The molecule has 0 saturated heterocycles. The van der Waals surface area contributed by atoms with Gasteiger partial charge < -0.3 is 10.2 Å². The van der Waals surface area contributed by atoms with Crippen molar-refractivity contribution in [2.24, 2.45) is 0 Å². The minimum Gasteiger partial charge on any atom is -0.389 e. The highest BCUT2D eigenvalue weighted by Gasteiger charge is 1.97. The highest BCUT2D eigenvalue weighted by Crippen LogP contribution is 2.07. The minimum absolute atomic E-state index is 0.412. The Bertz CT molecular complexity index is 349. The maximum Gasteiger partial charge on any atom is 0.115 e. The molecule has 2 heteroatoms. The van der Waals surface area contributed by atoms with Crippen LogP contribution >= 0.6 is 0 Å². The lowest BCUT2D eigenvalue weighted by molar-refractivity contribution is 0.208. The van der Waals surface area contributed by atoms with E-state index in [1.807, 2.05) is 6.92 Å². The summed E-state index contributed by atoms with van der Waals surface area (Å²) in [5.74, 6) is 10.5. The maximum absolute atomic E-state index is 9.66. The summed E-state index contributed by atoms with van der Waals surface area (Å²) >= 11 is 0. The fourth-order valence-corrected chi connectivity index (χ4v) is 1.51. The molecule has 0 amide bonds. The summed E-state index contributed by atoms with van der Waals surface area (Å²) in [5, 5.41) is 18.8. The Kier molecular flexibility index (Phi) is 12.4. The van der Waals surface area contributed by atoms with E-state index >= 15 is 0 Å². The van der Waals surface area contributed by atoms with Gasteiger partial charge in [0.2, 0.25) is 0 Å². The Labute approximate surface area is 117 Å². The smallest absolute Gasteiger partial charge is 0.115 e. The first-order valence-electron chi connectivity index (χ1n) is 7.24. The molecule has 0 radical (unpaired) electrons. The molecule has 0 heterocycles. The molecular formula is C17H26O2. The number of allylic oxidation sites excluding steroid dienone is 1. The van der Waals surface area contributed by atoms with Gasteiger partial charge in [0, 0.05) is 0 Å². The van der Waals surface area contributed by atoms with Crippen molar-refractivity contribution < 1.29 is 10.2 Å². The first-order valence-corrected chi connectivity index (χ1v) is 7.24. The molecule has 0 aromatic rings. The molecule has 0 bridgehead atoms. The van der Waals surface area contributed by atoms with Crippen LogP contribution in [0.25, 0.3) is 0 Å². The third-order valence-electron chi connectivity index (χ3n) is 2.77. The summed E-state index contributed by atoms with van der Waals surface area (Å²) in [5.41, 5.74) is 0. The number of hydrogen-bond donors (Lipinski definition) is 2. The molecule has 0 aliphatic rings. The van der Waals surface area contributed by atoms with Crippen molar-refractivity contribution in [1.82, 2.24) is 0 Å². The van der Waals surface area contributed by atoms with Crippen LogP contribution in [0.5, 0.6) is 0 Å². The number of unbranched alkanes of at least 4 members (excludes halogenated alkanes) is 4. The highest BCUT2D eigenvalue weighted by molar-refractivity contribution is 5.31. The van der Waals surface area contributed by atoms with E-state index in [0.717, 1.165) is 12.8 Å². The van der Waals surface area contributed by atoms with Gasteiger partial charge in [-0.15, -0.1) is 0 Å². The van der Waals surface area contributed by atoms with Crippen LogP contribution in [-0.4, -0.2) is 22.4 Å². The predicted octanol–water partition coefficient (Wildman–Crippen LogP) is 3.04. The maximum atomic E-state index is 9.66. The molecule has 0 saturated carbocycles. The largest absolute Gasteiger partial charge is 0.389 e.